The van der Waals surface area contributed by atoms with Crippen molar-refractivity contribution in [2.45, 2.75) is 12.5 Å². The predicted molar refractivity (Wildman–Crippen MR) is 96.2 cm³/mol. The van der Waals surface area contributed by atoms with E-state index >= 15 is 0 Å². The van der Waals surface area contributed by atoms with Gasteiger partial charge in [0, 0.05) is 61.8 Å². The molecule has 122 valence electrons. The van der Waals surface area contributed by atoms with Gasteiger partial charge >= 0.3 is 0 Å². The molecule has 0 radical (unpaired) electrons. The average molecular weight is 341 g/mol. The lowest BCUT2D eigenvalue weighted by atomic mass is 10.1. The van der Waals surface area contributed by atoms with E-state index in [1.165, 1.54) is 34.1 Å². The zero-order valence-corrected chi connectivity index (χ0v) is 14.7. The molecule has 0 amide bonds. The third-order valence-corrected chi connectivity index (χ3v) is 6.83. The van der Waals surface area contributed by atoms with E-state index in [1.807, 2.05) is 0 Å². The second-order valence-electron chi connectivity index (χ2n) is 6.03. The Labute approximate surface area is 140 Å². The van der Waals surface area contributed by atoms with Crippen molar-refractivity contribution in [3.63, 3.8) is 0 Å². The topological polar surface area (TPSA) is 50.2 Å². The van der Waals surface area contributed by atoms with Crippen LogP contribution in [0.3, 0.4) is 0 Å². The Morgan fingerprint density at radius 3 is 2.86 bits per heavy atom. The summed E-state index contributed by atoms with van der Waals surface area (Å²) >= 11 is 4.14. The van der Waals surface area contributed by atoms with Crippen LogP contribution in [0.5, 0.6) is 0 Å². The Kier molecular flexibility index (Phi) is 5.71. The number of aromatic nitrogens is 2. The molecular formula is C15H24N4OS2. The lowest BCUT2D eigenvalue weighted by Gasteiger charge is -2.20. The van der Waals surface area contributed by atoms with Crippen LogP contribution < -0.4 is 15.8 Å². The van der Waals surface area contributed by atoms with Crippen LogP contribution in [0, 0.1) is 5.92 Å². The van der Waals surface area contributed by atoms with Crippen LogP contribution in [-0.4, -0.2) is 58.5 Å². The summed E-state index contributed by atoms with van der Waals surface area (Å²) in [6.07, 6.45) is 2.99. The molecule has 1 unspecified atom stereocenters. The molecule has 2 aliphatic heterocycles. The lowest BCUT2D eigenvalue weighted by molar-refractivity contribution is 0.486. The van der Waals surface area contributed by atoms with Crippen LogP contribution >= 0.6 is 23.5 Å². The molecule has 3 heterocycles. The quantitative estimate of drug-likeness (QED) is 0.884. The molecule has 1 aromatic rings. The second kappa shape index (κ2) is 7.75. The van der Waals surface area contributed by atoms with Crippen molar-refractivity contribution in [2.75, 3.05) is 47.5 Å². The maximum atomic E-state index is 11.7. The molecule has 0 aromatic carbocycles. The number of aryl methyl sites for hydroxylation is 1. The van der Waals surface area contributed by atoms with E-state index in [0.29, 0.717) is 12.0 Å². The first kappa shape index (κ1) is 16.2. The summed E-state index contributed by atoms with van der Waals surface area (Å²) in [6, 6.07) is 2.35. The highest BCUT2D eigenvalue weighted by molar-refractivity contribution is 8.03. The van der Waals surface area contributed by atoms with Crippen molar-refractivity contribution in [3.8, 4) is 0 Å². The number of hydrogen-bond acceptors (Lipinski definition) is 6. The minimum atomic E-state index is -0.0356. The van der Waals surface area contributed by atoms with Gasteiger partial charge in [0.1, 0.15) is 0 Å². The summed E-state index contributed by atoms with van der Waals surface area (Å²) in [4.78, 5) is 14.0. The van der Waals surface area contributed by atoms with Gasteiger partial charge in [-0.25, -0.2) is 4.68 Å². The molecule has 0 saturated carbocycles. The summed E-state index contributed by atoms with van der Waals surface area (Å²) in [7, 11) is 1.69. The molecule has 22 heavy (non-hydrogen) atoms. The normalized spacial score (nSPS) is 23.7. The number of nitrogens with one attached hydrogen (secondary N) is 1. The van der Waals surface area contributed by atoms with Crippen molar-refractivity contribution in [1.82, 2.24) is 15.1 Å². The monoisotopic (exact) mass is 340 g/mol. The third kappa shape index (κ3) is 4.20. The molecule has 0 aliphatic carbocycles. The van der Waals surface area contributed by atoms with Gasteiger partial charge in [0.25, 0.3) is 5.56 Å². The lowest BCUT2D eigenvalue weighted by Crippen LogP contribution is -2.37. The van der Waals surface area contributed by atoms with E-state index in [4.69, 9.17) is 0 Å². The first-order chi connectivity index (χ1) is 10.7. The fraction of sp³-hybridized carbons (Fsp3) is 0.733. The zero-order valence-electron chi connectivity index (χ0n) is 13.0. The molecule has 0 spiro atoms. The van der Waals surface area contributed by atoms with Gasteiger partial charge in [-0.2, -0.15) is 28.6 Å². The Morgan fingerprint density at radius 1 is 1.36 bits per heavy atom. The van der Waals surface area contributed by atoms with Gasteiger partial charge in [-0.05, 0) is 12.3 Å². The van der Waals surface area contributed by atoms with E-state index in [1.54, 1.807) is 19.3 Å². The highest BCUT2D eigenvalue weighted by atomic mass is 32.2. The molecule has 2 aliphatic rings. The van der Waals surface area contributed by atoms with Gasteiger partial charge in [0.05, 0.1) is 11.9 Å². The van der Waals surface area contributed by atoms with Crippen LogP contribution in [0.25, 0.3) is 0 Å². The van der Waals surface area contributed by atoms with Crippen LogP contribution in [0.1, 0.15) is 6.42 Å². The summed E-state index contributed by atoms with van der Waals surface area (Å²) in [5, 5.41) is 7.87. The molecule has 0 bridgehead atoms. The van der Waals surface area contributed by atoms with E-state index in [9.17, 15) is 4.79 Å². The number of anilines is 1. The number of nitrogens with zero attached hydrogens (tertiary/aromatic N) is 3. The van der Waals surface area contributed by atoms with Crippen molar-refractivity contribution in [2.24, 2.45) is 13.0 Å². The van der Waals surface area contributed by atoms with Crippen LogP contribution in [0.2, 0.25) is 0 Å². The van der Waals surface area contributed by atoms with Gasteiger partial charge in [-0.15, -0.1) is 0 Å². The molecule has 1 aromatic heterocycles. The predicted octanol–water partition coefficient (Wildman–Crippen LogP) is 1.04. The molecular weight excluding hydrogens is 316 g/mol. The van der Waals surface area contributed by atoms with Crippen molar-refractivity contribution in [3.05, 3.63) is 22.6 Å². The second-order valence-corrected chi connectivity index (χ2v) is 8.33. The Bertz CT molecular complexity index is 543. The Balaban J connectivity index is 1.49. The number of thioether (sulfide) groups is 2. The maximum Gasteiger partial charge on any atom is 0.268 e. The van der Waals surface area contributed by atoms with Crippen LogP contribution in [0.4, 0.5) is 5.69 Å². The molecule has 3 rings (SSSR count). The highest BCUT2D eigenvalue weighted by Gasteiger charge is 2.24. The van der Waals surface area contributed by atoms with E-state index in [-0.39, 0.29) is 5.56 Å². The van der Waals surface area contributed by atoms with Crippen LogP contribution in [-0.2, 0) is 7.05 Å². The Hall–Kier alpha value is -0.660. The first-order valence-electron chi connectivity index (χ1n) is 7.89. The third-order valence-electron chi connectivity index (χ3n) is 4.31. The van der Waals surface area contributed by atoms with Gasteiger partial charge in [-0.1, -0.05) is 0 Å². The van der Waals surface area contributed by atoms with Gasteiger partial charge in [-0.3, -0.25) is 4.79 Å². The largest absolute Gasteiger partial charge is 0.370 e. The van der Waals surface area contributed by atoms with E-state index in [2.05, 4.69) is 38.8 Å². The minimum Gasteiger partial charge on any atom is -0.370 e. The number of hydrogen-bond donors (Lipinski definition) is 1. The van der Waals surface area contributed by atoms with Crippen molar-refractivity contribution in [1.29, 1.82) is 0 Å². The smallest absolute Gasteiger partial charge is 0.268 e. The van der Waals surface area contributed by atoms with Gasteiger partial charge in [0.15, 0.2) is 0 Å². The molecule has 2 saturated heterocycles. The molecule has 5 nitrogen and oxygen atoms in total. The van der Waals surface area contributed by atoms with E-state index in [0.717, 1.165) is 25.3 Å². The fourth-order valence-corrected chi connectivity index (χ4v) is 5.40. The highest BCUT2D eigenvalue weighted by Crippen LogP contribution is 2.22. The minimum absolute atomic E-state index is 0.0356. The number of rotatable bonds is 4. The molecule has 1 atom stereocenters. The standard InChI is InChI=1S/C15H24N4OS2/c1-18-15(20)6-14(8-17-18)19-3-2-12(9-19)7-16-13-10-21-4-5-22-11-13/h6,8,12-13,16H,2-5,7,9-11H2,1H3. The summed E-state index contributed by atoms with van der Waals surface area (Å²) in [5.74, 6) is 5.72. The SMILES string of the molecule is Cn1ncc(N2CCC(CNC3CSCCSC3)C2)cc1=O. The summed E-state index contributed by atoms with van der Waals surface area (Å²) < 4.78 is 1.38. The summed E-state index contributed by atoms with van der Waals surface area (Å²) in [6.45, 7) is 3.13. The molecule has 7 heteroatoms. The zero-order chi connectivity index (χ0) is 15.4. The van der Waals surface area contributed by atoms with E-state index < -0.39 is 0 Å². The van der Waals surface area contributed by atoms with Gasteiger partial charge in [0.2, 0.25) is 0 Å². The van der Waals surface area contributed by atoms with Gasteiger partial charge < -0.3 is 10.2 Å². The maximum absolute atomic E-state index is 11.7. The molecule has 2 fully saturated rings. The van der Waals surface area contributed by atoms with Crippen molar-refractivity contribution >= 4 is 29.2 Å². The van der Waals surface area contributed by atoms with Crippen LogP contribution in [0.15, 0.2) is 17.1 Å². The molecule has 1 N–H and O–H groups in total. The summed E-state index contributed by atoms with van der Waals surface area (Å²) in [5.41, 5.74) is 0.928. The van der Waals surface area contributed by atoms with Crippen molar-refractivity contribution < 1.29 is 0 Å². The fourth-order valence-electron chi connectivity index (χ4n) is 2.93. The average Bonchev–Trinajstić information content (AvgIpc) is 2.83. The Morgan fingerprint density at radius 2 is 2.14 bits per heavy atom. The first-order valence-corrected chi connectivity index (χ1v) is 10.2.